The molecule has 0 N–H and O–H groups in total. The average Bonchev–Trinajstić information content (AvgIpc) is 2.56. The minimum atomic E-state index is -2.19. The van der Waals surface area contributed by atoms with Crippen molar-refractivity contribution < 1.29 is 100 Å². The zero-order valence-corrected chi connectivity index (χ0v) is 16.0. The first-order valence-electron chi connectivity index (χ1n) is 5.54. The van der Waals surface area contributed by atoms with Gasteiger partial charge in [-0.05, 0) is 0 Å². The van der Waals surface area contributed by atoms with Gasteiger partial charge >= 0.3 is 75.6 Å². The first-order chi connectivity index (χ1) is 11.8. The number of carboxylic acid groups (broad SMARTS) is 6. The van der Waals surface area contributed by atoms with Gasteiger partial charge in [-0.2, -0.15) is 0 Å². The van der Waals surface area contributed by atoms with Crippen molar-refractivity contribution in [1.82, 2.24) is 0 Å². The summed E-state index contributed by atoms with van der Waals surface area (Å²) in [4.78, 5) is 53.6. The van der Waals surface area contributed by atoms with Gasteiger partial charge in [0.2, 0.25) is 0 Å². The summed E-state index contributed by atoms with van der Waals surface area (Å²) in [6.07, 6.45) is 3.75. The van der Waals surface area contributed by atoms with E-state index in [2.05, 4.69) is 54.0 Å². The molecule has 12 nitrogen and oxygen atoms in total. The van der Waals surface area contributed by atoms with Crippen LogP contribution in [0.25, 0.3) is 0 Å². The molecule has 0 saturated heterocycles. The van der Waals surface area contributed by atoms with E-state index in [9.17, 15) is 0 Å². The number of aliphatic carboxylic acids is 6. The second-order valence-electron chi connectivity index (χ2n) is 2.71. The minimum Gasteiger partial charge on any atom is -0.543 e. The van der Waals surface area contributed by atoms with E-state index in [0.29, 0.717) is 0 Å². The third-order valence-corrected chi connectivity index (χ3v) is 1.69. The maximum absolute atomic E-state index is 8.93. The molecule has 0 aromatic rings. The quantitative estimate of drug-likeness (QED) is 0.220. The van der Waals surface area contributed by atoms with E-state index < -0.39 is 35.8 Å². The molecule has 0 rings (SSSR count). The molecule has 0 saturated carbocycles. The van der Waals surface area contributed by atoms with Crippen LogP contribution in [0.4, 0.5) is 0 Å². The summed E-state index contributed by atoms with van der Waals surface area (Å²) in [5, 5.41) is 53.6. The Morgan fingerprint density at radius 2 is 0.615 bits per heavy atom. The molecule has 0 amide bonds. The molecule has 0 aromatic carbocycles. The number of rotatable bonds is 2. The van der Waals surface area contributed by atoms with Gasteiger partial charge in [0.1, 0.15) is 0 Å². The van der Waals surface area contributed by atoms with E-state index in [1.54, 1.807) is 0 Å². The van der Waals surface area contributed by atoms with Crippen LogP contribution >= 0.6 is 0 Å². The summed E-state index contributed by atoms with van der Waals surface area (Å²) >= 11 is 4.12. The summed E-state index contributed by atoms with van der Waals surface area (Å²) in [7, 11) is 0. The van der Waals surface area contributed by atoms with Crippen LogP contribution in [0, 0.1) is 0 Å². The van der Waals surface area contributed by atoms with Crippen molar-refractivity contribution in [1.29, 1.82) is 0 Å². The van der Waals surface area contributed by atoms with Gasteiger partial charge < -0.3 is 59.4 Å². The molecule has 0 spiro atoms. The smallest absolute Gasteiger partial charge is 0.0870 e. The monoisotopic (exact) mass is 442 g/mol. The van der Waals surface area contributed by atoms with Gasteiger partial charge in [0, 0.05) is 0 Å². The Morgan fingerprint density at radius 3 is 0.615 bits per heavy atom. The first kappa shape index (κ1) is 34.9. The molecular formula is C12H10O12Ti2. The molecule has 0 radical (unpaired) electrons. The van der Waals surface area contributed by atoms with Crippen LogP contribution in [0.5, 0.6) is 0 Å². The molecule has 0 atom stereocenters. The molecule has 0 fully saturated rings. The molecule has 0 aromatic heterocycles. The number of hydrogen-bond donors (Lipinski definition) is 0. The third kappa shape index (κ3) is 67.9. The van der Waals surface area contributed by atoms with Crippen LogP contribution < -0.4 is 30.6 Å². The predicted molar refractivity (Wildman–Crippen MR) is 60.1 cm³/mol. The minimum absolute atomic E-state index is 1.08. The average molecular weight is 442 g/mol. The molecule has 26 heavy (non-hydrogen) atoms. The molecule has 14 heteroatoms. The molecule has 0 aliphatic heterocycles. The van der Waals surface area contributed by atoms with Gasteiger partial charge in [-0.25, -0.2) is 0 Å². The fourth-order valence-corrected chi connectivity index (χ4v) is 0. The summed E-state index contributed by atoms with van der Waals surface area (Å²) in [5.41, 5.74) is 0. The van der Waals surface area contributed by atoms with E-state index >= 15 is 0 Å². The largest absolute Gasteiger partial charge is 0.543 e. The van der Waals surface area contributed by atoms with Crippen molar-refractivity contribution in [3.05, 3.63) is 25.3 Å². The van der Waals surface area contributed by atoms with Crippen LogP contribution in [0.15, 0.2) is 25.3 Å². The molecule has 0 unspecified atom stereocenters. The summed E-state index contributed by atoms with van der Waals surface area (Å²) < 4.78 is 2.17. The van der Waals surface area contributed by atoms with Crippen molar-refractivity contribution in [2.45, 2.75) is 9.45 Å². The number of carbonyl (C=O) groups is 6. The topological polar surface area (TPSA) is 241 Å². The Morgan fingerprint density at radius 1 is 0.538 bits per heavy atom. The second-order valence-corrected chi connectivity index (χ2v) is 3.99. The van der Waals surface area contributed by atoms with Crippen molar-refractivity contribution in [2.75, 3.05) is 0 Å². The van der Waals surface area contributed by atoms with E-state index in [1.807, 2.05) is 12.2 Å². The van der Waals surface area contributed by atoms with Crippen LogP contribution in [-0.2, 0) is 69.6 Å². The second kappa shape index (κ2) is 27.6. The molecule has 0 heterocycles. The van der Waals surface area contributed by atoms with E-state index in [4.69, 9.17) is 59.4 Å². The molecule has 138 valence electrons. The zero-order chi connectivity index (χ0) is 22.3. The van der Waals surface area contributed by atoms with Crippen molar-refractivity contribution in [2.24, 2.45) is 0 Å². The fraction of sp³-hybridized carbons (Fsp3) is 0.167. The fourth-order valence-electron chi connectivity index (χ4n) is 0. The first-order valence-corrected chi connectivity index (χ1v) is 7.75. The number of allylic oxidation sites excluding steroid dienone is 2. The molecule has 0 aliphatic carbocycles. The number of carboxylic acids is 6. The maximum atomic E-state index is 8.93. The Kier molecular flexibility index (Phi) is 37.1. The van der Waals surface area contributed by atoms with Crippen LogP contribution in [0.3, 0.4) is 0 Å². The maximum Gasteiger partial charge on any atom is 0.0870 e. The Balaban J connectivity index is -0.0000000716. The molecular weight excluding hydrogens is 432 g/mol. The van der Waals surface area contributed by atoms with Crippen molar-refractivity contribution in [3.8, 4) is 0 Å². The zero-order valence-electron chi connectivity index (χ0n) is 12.9. The summed E-state index contributed by atoms with van der Waals surface area (Å²) in [6, 6.07) is 0. The molecule has 0 bridgehead atoms. The van der Waals surface area contributed by atoms with Crippen LogP contribution in [-0.4, -0.2) is 35.8 Å². The van der Waals surface area contributed by atoms with E-state index in [-0.39, 0.29) is 0 Å². The standard InChI is InChI=1S/2C3H5.3C2H2O4.2Ti/c2*1-3-2;3*3-1(4)2(5)6;;/h2*3H,1-2H2;3*(H,3,4)(H,5,6);;/q;;;;;2*+3/p-6. The number of hydrogen-bond acceptors (Lipinski definition) is 12. The predicted octanol–water partition coefficient (Wildman–Crippen LogP) is -8.27. The van der Waals surface area contributed by atoms with E-state index in [0.717, 1.165) is 9.45 Å². The Hall–Kier alpha value is -2.27. The van der Waals surface area contributed by atoms with E-state index in [1.165, 1.54) is 0 Å². The summed E-state index contributed by atoms with van der Waals surface area (Å²) in [5.74, 6) is -13.1. The SMILES string of the molecule is C=C[CH2][Ti+3].C=C[CH2][Ti+3].O=C([O-])C(=O)[O-].O=C([O-])C(=O)[O-].O=C([O-])C(=O)[O-]. The third-order valence-electron chi connectivity index (χ3n) is 0.789. The Bertz CT molecular complexity index is 386. The summed E-state index contributed by atoms with van der Waals surface area (Å²) in [6.45, 7) is 6.96. The van der Waals surface area contributed by atoms with Gasteiger partial charge in [-0.1, -0.05) is 0 Å². The van der Waals surface area contributed by atoms with Crippen LogP contribution in [0.2, 0.25) is 9.45 Å². The van der Waals surface area contributed by atoms with Gasteiger partial charge in [0.25, 0.3) is 0 Å². The normalized spacial score (nSPS) is 7.08. The van der Waals surface area contributed by atoms with Gasteiger partial charge in [-0.15, -0.1) is 0 Å². The molecule has 0 aliphatic rings. The van der Waals surface area contributed by atoms with Gasteiger partial charge in [0.05, 0.1) is 35.8 Å². The van der Waals surface area contributed by atoms with Crippen molar-refractivity contribution in [3.63, 3.8) is 0 Å². The van der Waals surface area contributed by atoms with Crippen LogP contribution in [0.1, 0.15) is 0 Å². The Labute approximate surface area is 170 Å². The van der Waals surface area contributed by atoms with Crippen molar-refractivity contribution >= 4 is 35.8 Å². The number of carbonyl (C=O) groups excluding carboxylic acids is 6. The van der Waals surface area contributed by atoms with Gasteiger partial charge in [-0.3, -0.25) is 0 Å². The van der Waals surface area contributed by atoms with Gasteiger partial charge in [0.15, 0.2) is 0 Å².